The summed E-state index contributed by atoms with van der Waals surface area (Å²) in [6.45, 7) is 0.776. The van der Waals surface area contributed by atoms with Crippen molar-refractivity contribution in [1.82, 2.24) is 9.88 Å². The number of aromatic nitrogens is 1. The van der Waals surface area contributed by atoms with E-state index in [9.17, 15) is 13.2 Å². The third kappa shape index (κ3) is 4.52. The van der Waals surface area contributed by atoms with E-state index in [4.69, 9.17) is 12.2 Å². The van der Waals surface area contributed by atoms with Gasteiger partial charge in [0.1, 0.15) is 0 Å². The van der Waals surface area contributed by atoms with Crippen LogP contribution < -0.4 is 5.32 Å². The number of pyridine rings is 1. The lowest BCUT2D eigenvalue weighted by molar-refractivity contribution is -0.137. The van der Waals surface area contributed by atoms with Crippen molar-refractivity contribution in [2.45, 2.75) is 37.9 Å². The number of benzene rings is 1. The highest BCUT2D eigenvalue weighted by Gasteiger charge is 2.31. The zero-order valence-corrected chi connectivity index (χ0v) is 15.0. The van der Waals surface area contributed by atoms with E-state index in [1.807, 2.05) is 12.1 Å². The molecule has 1 aromatic carbocycles. The van der Waals surface area contributed by atoms with Crippen molar-refractivity contribution in [1.29, 1.82) is 0 Å². The first-order chi connectivity index (χ1) is 12.4. The fraction of sp³-hybridized carbons (Fsp3) is 0.368. The molecule has 1 aliphatic heterocycles. The van der Waals surface area contributed by atoms with Gasteiger partial charge in [-0.15, -0.1) is 0 Å². The van der Waals surface area contributed by atoms with Gasteiger partial charge in [0.2, 0.25) is 0 Å². The summed E-state index contributed by atoms with van der Waals surface area (Å²) >= 11 is 5.55. The molecule has 2 heterocycles. The molecule has 1 aliphatic rings. The van der Waals surface area contributed by atoms with Crippen LogP contribution in [0.25, 0.3) is 0 Å². The molecule has 0 spiro atoms. The molecule has 0 aliphatic carbocycles. The molecular formula is C19H20F3N3S. The van der Waals surface area contributed by atoms with Gasteiger partial charge in [-0.25, -0.2) is 0 Å². The zero-order valence-electron chi connectivity index (χ0n) is 14.2. The molecule has 3 rings (SSSR count). The maximum Gasteiger partial charge on any atom is 0.416 e. The van der Waals surface area contributed by atoms with Crippen LogP contribution in [-0.4, -0.2) is 21.5 Å². The van der Waals surface area contributed by atoms with Gasteiger partial charge in [-0.3, -0.25) is 4.98 Å². The summed E-state index contributed by atoms with van der Waals surface area (Å²) < 4.78 is 38.8. The highest BCUT2D eigenvalue weighted by Crippen LogP contribution is 2.32. The van der Waals surface area contributed by atoms with E-state index in [1.54, 1.807) is 18.5 Å². The van der Waals surface area contributed by atoms with Gasteiger partial charge in [-0.1, -0.05) is 18.9 Å². The Hall–Kier alpha value is -2.15. The molecule has 1 N–H and O–H groups in total. The van der Waals surface area contributed by atoms with Crippen LogP contribution in [0.5, 0.6) is 0 Å². The number of thiocarbonyl (C=S) groups is 1. The molecule has 138 valence electrons. The molecule has 0 radical (unpaired) electrons. The summed E-state index contributed by atoms with van der Waals surface area (Å²) in [5.41, 5.74) is 0.782. The number of nitrogens with one attached hydrogen (secondary N) is 1. The first-order valence-corrected chi connectivity index (χ1v) is 9.01. The molecule has 1 aromatic heterocycles. The Balaban J connectivity index is 1.80. The first kappa shape index (κ1) is 18.6. The predicted octanol–water partition coefficient (Wildman–Crippen LogP) is 5.41. The molecule has 3 nitrogen and oxygen atoms in total. The smallest absolute Gasteiger partial charge is 0.342 e. The van der Waals surface area contributed by atoms with Crippen LogP contribution in [0, 0.1) is 0 Å². The van der Waals surface area contributed by atoms with Gasteiger partial charge < -0.3 is 10.2 Å². The van der Waals surface area contributed by atoms with Gasteiger partial charge in [0.05, 0.1) is 11.6 Å². The summed E-state index contributed by atoms with van der Waals surface area (Å²) in [7, 11) is 0. The van der Waals surface area contributed by atoms with Gasteiger partial charge in [0.15, 0.2) is 5.11 Å². The molecule has 1 fully saturated rings. The van der Waals surface area contributed by atoms with Gasteiger partial charge in [0.25, 0.3) is 0 Å². The van der Waals surface area contributed by atoms with E-state index in [0.29, 0.717) is 10.8 Å². The Bertz CT molecular complexity index is 749. The molecule has 1 unspecified atom stereocenters. The lowest BCUT2D eigenvalue weighted by atomic mass is 10.0. The van der Waals surface area contributed by atoms with Crippen molar-refractivity contribution in [3.05, 3.63) is 59.9 Å². The van der Waals surface area contributed by atoms with Crippen molar-refractivity contribution in [2.75, 3.05) is 11.9 Å². The Morgan fingerprint density at radius 1 is 1.12 bits per heavy atom. The van der Waals surface area contributed by atoms with E-state index in [-0.39, 0.29) is 6.04 Å². The van der Waals surface area contributed by atoms with Gasteiger partial charge >= 0.3 is 6.18 Å². The molecule has 7 heteroatoms. The fourth-order valence-corrected chi connectivity index (χ4v) is 3.59. The Morgan fingerprint density at radius 3 is 2.62 bits per heavy atom. The Kier molecular flexibility index (Phi) is 5.76. The van der Waals surface area contributed by atoms with Crippen LogP contribution in [0.1, 0.15) is 42.9 Å². The number of nitrogens with zero attached hydrogens (tertiary/aromatic N) is 2. The summed E-state index contributed by atoms with van der Waals surface area (Å²) in [5.74, 6) is 0. The topological polar surface area (TPSA) is 28.2 Å². The van der Waals surface area contributed by atoms with Crippen LogP contribution in [0.2, 0.25) is 0 Å². The summed E-state index contributed by atoms with van der Waals surface area (Å²) in [4.78, 5) is 6.14. The van der Waals surface area contributed by atoms with Crippen LogP contribution in [0.3, 0.4) is 0 Å². The van der Waals surface area contributed by atoms with Gasteiger partial charge in [0, 0.05) is 24.6 Å². The van der Waals surface area contributed by atoms with E-state index in [1.165, 1.54) is 6.07 Å². The van der Waals surface area contributed by atoms with E-state index in [2.05, 4.69) is 15.2 Å². The fourth-order valence-electron chi connectivity index (χ4n) is 3.25. The number of rotatable bonds is 2. The second-order valence-electron chi connectivity index (χ2n) is 6.35. The minimum Gasteiger partial charge on any atom is -0.342 e. The monoisotopic (exact) mass is 379 g/mol. The average molecular weight is 379 g/mol. The number of hydrogen-bond acceptors (Lipinski definition) is 2. The first-order valence-electron chi connectivity index (χ1n) is 8.60. The van der Waals surface area contributed by atoms with E-state index in [0.717, 1.165) is 49.9 Å². The lowest BCUT2D eigenvalue weighted by Crippen LogP contribution is -2.37. The summed E-state index contributed by atoms with van der Waals surface area (Å²) in [5, 5.41) is 3.45. The standard InChI is InChI=1S/C19H20F3N3S/c20-19(21,22)15-5-4-6-16(13-15)24-18(26)25-12-3-1-2-7-17(25)14-8-10-23-11-9-14/h4-6,8-11,13,17H,1-3,7,12H2,(H,24,26). The third-order valence-corrected chi connectivity index (χ3v) is 4.88. The Morgan fingerprint density at radius 2 is 1.88 bits per heavy atom. The van der Waals surface area contributed by atoms with Crippen molar-refractivity contribution in [3.63, 3.8) is 0 Å². The van der Waals surface area contributed by atoms with Crippen LogP contribution in [0.4, 0.5) is 18.9 Å². The van der Waals surface area contributed by atoms with Crippen molar-refractivity contribution in [2.24, 2.45) is 0 Å². The highest BCUT2D eigenvalue weighted by atomic mass is 32.1. The molecule has 0 amide bonds. The zero-order chi connectivity index (χ0) is 18.6. The Labute approximate surface area is 156 Å². The minimum atomic E-state index is -4.37. The van der Waals surface area contributed by atoms with Crippen molar-refractivity contribution < 1.29 is 13.2 Å². The molecule has 1 saturated heterocycles. The maximum absolute atomic E-state index is 12.9. The highest BCUT2D eigenvalue weighted by molar-refractivity contribution is 7.80. The third-order valence-electron chi connectivity index (χ3n) is 4.55. The minimum absolute atomic E-state index is 0.103. The second-order valence-corrected chi connectivity index (χ2v) is 6.73. The number of halogens is 3. The second kappa shape index (κ2) is 8.03. The van der Waals surface area contributed by atoms with E-state index >= 15 is 0 Å². The van der Waals surface area contributed by atoms with Gasteiger partial charge in [-0.05, 0) is 61.0 Å². The molecule has 1 atom stereocenters. The van der Waals surface area contributed by atoms with Crippen molar-refractivity contribution in [3.8, 4) is 0 Å². The number of hydrogen-bond donors (Lipinski definition) is 1. The maximum atomic E-state index is 12.9. The molecular weight excluding hydrogens is 359 g/mol. The average Bonchev–Trinajstić information content (AvgIpc) is 2.88. The summed E-state index contributed by atoms with van der Waals surface area (Å²) in [6, 6.07) is 9.17. The SMILES string of the molecule is FC(F)(F)c1cccc(NC(=S)N2CCCCCC2c2ccncc2)c1. The number of likely N-dealkylation sites (tertiary alicyclic amines) is 1. The normalized spacial score (nSPS) is 18.3. The van der Waals surface area contributed by atoms with E-state index < -0.39 is 11.7 Å². The largest absolute Gasteiger partial charge is 0.416 e. The quantitative estimate of drug-likeness (QED) is 0.706. The van der Waals surface area contributed by atoms with Crippen LogP contribution in [-0.2, 0) is 6.18 Å². The molecule has 2 aromatic rings. The van der Waals surface area contributed by atoms with Gasteiger partial charge in [-0.2, -0.15) is 13.2 Å². The van der Waals surface area contributed by atoms with Crippen LogP contribution >= 0.6 is 12.2 Å². The van der Waals surface area contributed by atoms with Crippen LogP contribution in [0.15, 0.2) is 48.8 Å². The molecule has 0 saturated carbocycles. The molecule has 26 heavy (non-hydrogen) atoms. The number of alkyl halides is 3. The predicted molar refractivity (Wildman–Crippen MR) is 99.8 cm³/mol. The lowest BCUT2D eigenvalue weighted by Gasteiger charge is -2.33. The summed E-state index contributed by atoms with van der Waals surface area (Å²) in [6.07, 6.45) is 3.30. The van der Waals surface area contributed by atoms with Crippen molar-refractivity contribution >= 4 is 23.0 Å². The molecule has 0 bridgehead atoms. The number of anilines is 1.